The lowest BCUT2D eigenvalue weighted by molar-refractivity contribution is 0.0693. The number of carboxylic acid groups (broad SMARTS) is 1. The van der Waals surface area contributed by atoms with Gasteiger partial charge in [-0.1, -0.05) is 18.2 Å². The topological polar surface area (TPSA) is 87.1 Å². The normalized spacial score (nSPS) is 9.95. The van der Waals surface area contributed by atoms with Crippen LogP contribution in [0.1, 0.15) is 10.4 Å². The summed E-state index contributed by atoms with van der Waals surface area (Å²) in [7, 11) is 1.54. The van der Waals surface area contributed by atoms with Crippen LogP contribution in [-0.4, -0.2) is 29.3 Å². The second-order valence-electron chi connectivity index (χ2n) is 4.25. The van der Waals surface area contributed by atoms with E-state index in [-0.39, 0.29) is 11.3 Å². The number of aromatic carboxylic acids is 1. The maximum Gasteiger partial charge on any atom is 0.419 e. The predicted octanol–water partition coefficient (Wildman–Crippen LogP) is 2.73. The number of amides is 1. The van der Waals surface area contributed by atoms with Crippen LogP contribution in [0, 0.1) is 0 Å². The molecule has 0 saturated carbocycles. The Balaban J connectivity index is 2.16. The van der Waals surface area contributed by atoms with E-state index >= 15 is 0 Å². The van der Waals surface area contributed by atoms with Crippen LogP contribution >= 0.6 is 0 Å². The fourth-order valence-corrected chi connectivity index (χ4v) is 1.68. The summed E-state index contributed by atoms with van der Waals surface area (Å²) in [4.78, 5) is 24.2. The monoisotopic (exact) mass is 287 g/mol. The molecule has 2 aromatic rings. The minimum atomic E-state index is -1.30. The van der Waals surface area contributed by atoms with Gasteiger partial charge in [0.05, 0.1) is 0 Å². The van der Waals surface area contributed by atoms with E-state index in [4.69, 9.17) is 9.84 Å². The van der Waals surface area contributed by atoms with Crippen LogP contribution in [0.15, 0.2) is 48.5 Å². The average Bonchev–Trinajstić information content (AvgIpc) is 2.49. The van der Waals surface area contributed by atoms with Crippen molar-refractivity contribution in [3.05, 3.63) is 54.1 Å². The van der Waals surface area contributed by atoms with Crippen LogP contribution in [0.5, 0.6) is 11.5 Å². The smallest absolute Gasteiger partial charge is 0.419 e. The summed E-state index contributed by atoms with van der Waals surface area (Å²) in [6, 6.07) is 12.4. The Bertz CT molecular complexity index is 669. The zero-order valence-corrected chi connectivity index (χ0v) is 11.2. The molecule has 6 nitrogen and oxygen atoms in total. The number of aromatic hydroxyl groups is 1. The summed E-state index contributed by atoms with van der Waals surface area (Å²) in [5.41, 5.74) is 0.308. The van der Waals surface area contributed by atoms with Gasteiger partial charge in [0.2, 0.25) is 0 Å². The number of benzene rings is 2. The molecule has 2 N–H and O–H groups in total. The molecule has 0 aliphatic carbocycles. The molecule has 21 heavy (non-hydrogen) atoms. The molecule has 0 saturated heterocycles. The van der Waals surface area contributed by atoms with Gasteiger partial charge in [-0.25, -0.2) is 9.59 Å². The molecule has 0 aliphatic heterocycles. The summed E-state index contributed by atoms with van der Waals surface area (Å²) in [6.45, 7) is 0. The van der Waals surface area contributed by atoms with E-state index in [1.807, 2.05) is 6.07 Å². The number of phenols is 1. The van der Waals surface area contributed by atoms with E-state index in [1.54, 1.807) is 24.3 Å². The van der Waals surface area contributed by atoms with Crippen molar-refractivity contribution in [3.8, 4) is 11.5 Å². The second-order valence-corrected chi connectivity index (χ2v) is 4.25. The highest BCUT2D eigenvalue weighted by atomic mass is 16.6. The Morgan fingerprint density at radius 3 is 2.38 bits per heavy atom. The zero-order valence-electron chi connectivity index (χ0n) is 11.2. The molecule has 0 aliphatic rings. The molecule has 6 heteroatoms. The predicted molar refractivity (Wildman–Crippen MR) is 75.9 cm³/mol. The lowest BCUT2D eigenvalue weighted by atomic mass is 10.2. The van der Waals surface area contributed by atoms with Gasteiger partial charge >= 0.3 is 12.1 Å². The molecule has 0 unspecified atom stereocenters. The summed E-state index contributed by atoms with van der Waals surface area (Å²) >= 11 is 0. The molecule has 0 aromatic heterocycles. The van der Waals surface area contributed by atoms with Gasteiger partial charge in [-0.2, -0.15) is 0 Å². The quantitative estimate of drug-likeness (QED) is 0.906. The van der Waals surface area contributed by atoms with Gasteiger partial charge in [-0.05, 0) is 30.3 Å². The molecule has 0 spiro atoms. The van der Waals surface area contributed by atoms with Gasteiger partial charge in [0, 0.05) is 12.7 Å². The Kier molecular flexibility index (Phi) is 4.08. The third-order valence-electron chi connectivity index (χ3n) is 2.82. The summed E-state index contributed by atoms with van der Waals surface area (Å²) in [5, 5.41) is 18.3. The number of carboxylic acids is 1. The van der Waals surface area contributed by atoms with Crippen LogP contribution in [0.4, 0.5) is 10.5 Å². The second kappa shape index (κ2) is 5.96. The summed E-state index contributed by atoms with van der Waals surface area (Å²) in [6.07, 6.45) is -0.664. The minimum Gasteiger partial charge on any atom is -0.507 e. The zero-order chi connectivity index (χ0) is 15.4. The van der Waals surface area contributed by atoms with Crippen molar-refractivity contribution in [1.82, 2.24) is 0 Å². The molecule has 2 aromatic carbocycles. The van der Waals surface area contributed by atoms with E-state index in [1.165, 1.54) is 18.0 Å². The van der Waals surface area contributed by atoms with Gasteiger partial charge in [0.1, 0.15) is 17.1 Å². The van der Waals surface area contributed by atoms with E-state index in [0.29, 0.717) is 5.69 Å². The number of carbonyl (C=O) groups excluding carboxylic acids is 1. The molecule has 0 fully saturated rings. The van der Waals surface area contributed by atoms with Crippen LogP contribution in [0.3, 0.4) is 0 Å². The van der Waals surface area contributed by atoms with Crippen molar-refractivity contribution in [2.45, 2.75) is 0 Å². The van der Waals surface area contributed by atoms with Gasteiger partial charge in [-0.3, -0.25) is 4.90 Å². The number of anilines is 1. The van der Waals surface area contributed by atoms with Crippen molar-refractivity contribution >= 4 is 17.7 Å². The van der Waals surface area contributed by atoms with Gasteiger partial charge in [-0.15, -0.1) is 0 Å². The van der Waals surface area contributed by atoms with Crippen molar-refractivity contribution in [2.24, 2.45) is 0 Å². The molecule has 2 rings (SSSR count). The maximum atomic E-state index is 12.0. The van der Waals surface area contributed by atoms with Crippen LogP contribution in [0.2, 0.25) is 0 Å². The number of hydrogen-bond acceptors (Lipinski definition) is 4. The average molecular weight is 287 g/mol. The van der Waals surface area contributed by atoms with Crippen molar-refractivity contribution in [3.63, 3.8) is 0 Å². The number of nitrogens with zero attached hydrogens (tertiary/aromatic N) is 1. The molecular weight excluding hydrogens is 274 g/mol. The molecule has 0 heterocycles. The first-order chi connectivity index (χ1) is 9.99. The Morgan fingerprint density at radius 2 is 1.76 bits per heavy atom. The summed E-state index contributed by atoms with van der Waals surface area (Å²) < 4.78 is 5.09. The lowest BCUT2D eigenvalue weighted by Crippen LogP contribution is -2.29. The highest BCUT2D eigenvalue weighted by molar-refractivity contribution is 5.92. The van der Waals surface area contributed by atoms with Gasteiger partial charge < -0.3 is 14.9 Å². The summed E-state index contributed by atoms with van der Waals surface area (Å²) in [5.74, 6) is -1.65. The first-order valence-corrected chi connectivity index (χ1v) is 6.06. The minimum absolute atomic E-state index is 0.0398. The SMILES string of the molecule is CN(C(=O)Oc1ccc(O)c(C(=O)O)c1)c1ccccc1. The molecule has 1 amide bonds. The third kappa shape index (κ3) is 3.30. The van der Waals surface area contributed by atoms with Crippen molar-refractivity contribution < 1.29 is 24.5 Å². The van der Waals surface area contributed by atoms with Gasteiger partial charge in [0.15, 0.2) is 0 Å². The van der Waals surface area contributed by atoms with E-state index < -0.39 is 17.8 Å². The lowest BCUT2D eigenvalue weighted by Gasteiger charge is -2.17. The van der Waals surface area contributed by atoms with Crippen molar-refractivity contribution in [2.75, 3.05) is 11.9 Å². The Labute approximate surface area is 120 Å². The number of ether oxygens (including phenoxy) is 1. The standard InChI is InChI=1S/C15H13NO5/c1-16(10-5-3-2-4-6-10)15(20)21-11-7-8-13(17)12(9-11)14(18)19/h2-9,17H,1H3,(H,18,19). The Hall–Kier alpha value is -3.02. The molecule has 108 valence electrons. The Morgan fingerprint density at radius 1 is 1.10 bits per heavy atom. The first kappa shape index (κ1) is 14.4. The van der Waals surface area contributed by atoms with E-state index in [2.05, 4.69) is 0 Å². The van der Waals surface area contributed by atoms with Crippen molar-refractivity contribution in [1.29, 1.82) is 0 Å². The van der Waals surface area contributed by atoms with E-state index in [9.17, 15) is 14.7 Å². The fraction of sp³-hybridized carbons (Fsp3) is 0.0667. The highest BCUT2D eigenvalue weighted by Gasteiger charge is 2.16. The maximum absolute atomic E-state index is 12.0. The third-order valence-corrected chi connectivity index (χ3v) is 2.82. The number of rotatable bonds is 3. The van der Waals surface area contributed by atoms with E-state index in [0.717, 1.165) is 12.1 Å². The number of carbonyl (C=O) groups is 2. The highest BCUT2D eigenvalue weighted by Crippen LogP contribution is 2.24. The number of para-hydroxylation sites is 1. The largest absolute Gasteiger partial charge is 0.507 e. The fourth-order valence-electron chi connectivity index (χ4n) is 1.68. The van der Waals surface area contributed by atoms with Crippen LogP contribution in [-0.2, 0) is 0 Å². The molecular formula is C15H13NO5. The molecule has 0 atom stereocenters. The van der Waals surface area contributed by atoms with Gasteiger partial charge in [0.25, 0.3) is 0 Å². The number of hydrogen-bond donors (Lipinski definition) is 2. The first-order valence-electron chi connectivity index (χ1n) is 6.06. The van der Waals surface area contributed by atoms with Crippen LogP contribution < -0.4 is 9.64 Å². The molecule has 0 radical (unpaired) electrons. The molecule has 0 bridgehead atoms. The van der Waals surface area contributed by atoms with Crippen LogP contribution in [0.25, 0.3) is 0 Å².